The Hall–Kier alpha value is -0.340. The smallest absolute Gasteiger partial charge is 0.187 e. The van der Waals surface area contributed by atoms with Crippen LogP contribution in [-0.2, 0) is 9.47 Å². The lowest BCUT2D eigenvalue weighted by molar-refractivity contribution is -0.191. The summed E-state index contributed by atoms with van der Waals surface area (Å²) in [4.78, 5) is 0. The highest BCUT2D eigenvalue weighted by atomic mass is 16.7. The van der Waals surface area contributed by atoms with Gasteiger partial charge in [-0.15, -0.1) is 0 Å². The van der Waals surface area contributed by atoms with Crippen molar-refractivity contribution in [3.05, 3.63) is 12.7 Å². The molecule has 1 aliphatic heterocycles. The van der Waals surface area contributed by atoms with Gasteiger partial charge in [0.2, 0.25) is 0 Å². The monoisotopic (exact) mass is 156 g/mol. The fraction of sp³-hybridized carbons (Fsp3) is 0.778. The molecule has 1 rings (SSSR count). The first-order valence-corrected chi connectivity index (χ1v) is 4.24. The van der Waals surface area contributed by atoms with E-state index in [0.29, 0.717) is 0 Å². The molecule has 0 aliphatic carbocycles. The second kappa shape index (κ2) is 3.88. The quantitative estimate of drug-likeness (QED) is 0.570. The average Bonchev–Trinajstić information content (AvgIpc) is 2.30. The molecule has 0 bridgehead atoms. The number of hydrogen-bond acceptors (Lipinski definition) is 2. The maximum absolute atomic E-state index is 5.55. The Balaban J connectivity index is 2.55. The minimum atomic E-state index is -0.490. The summed E-state index contributed by atoms with van der Waals surface area (Å²) in [5, 5.41) is 0. The number of rotatable bonds is 2. The molecule has 1 heterocycles. The molecule has 0 radical (unpaired) electrons. The van der Waals surface area contributed by atoms with Crippen LogP contribution in [0.15, 0.2) is 12.7 Å². The van der Waals surface area contributed by atoms with Crippen LogP contribution in [0.3, 0.4) is 0 Å². The van der Waals surface area contributed by atoms with Crippen LogP contribution in [0, 0.1) is 0 Å². The van der Waals surface area contributed by atoms with Crippen molar-refractivity contribution in [1.82, 2.24) is 0 Å². The second-order valence-corrected chi connectivity index (χ2v) is 2.77. The van der Waals surface area contributed by atoms with Gasteiger partial charge in [0.15, 0.2) is 5.79 Å². The number of hydrogen-bond donors (Lipinski definition) is 0. The zero-order valence-electron chi connectivity index (χ0n) is 7.14. The second-order valence-electron chi connectivity index (χ2n) is 2.77. The van der Waals surface area contributed by atoms with Crippen molar-refractivity contribution in [2.45, 2.75) is 32.0 Å². The highest BCUT2D eigenvalue weighted by molar-refractivity contribution is 4.89. The Morgan fingerprint density at radius 2 is 1.91 bits per heavy atom. The maximum Gasteiger partial charge on any atom is 0.187 e. The highest BCUT2D eigenvalue weighted by Crippen LogP contribution is 2.22. The van der Waals surface area contributed by atoms with E-state index in [1.165, 1.54) is 0 Å². The zero-order valence-corrected chi connectivity index (χ0v) is 7.14. The van der Waals surface area contributed by atoms with Gasteiger partial charge in [0, 0.05) is 6.42 Å². The molecule has 0 aromatic rings. The van der Waals surface area contributed by atoms with Gasteiger partial charge in [0.05, 0.1) is 13.2 Å². The molecule has 0 atom stereocenters. The molecule has 64 valence electrons. The molecular formula is C9H16O2. The SMILES string of the molecule is C=CC1(CC)OCCCCO1. The molecule has 1 aliphatic rings. The normalized spacial score (nSPS) is 24.1. The van der Waals surface area contributed by atoms with Gasteiger partial charge in [-0.2, -0.15) is 0 Å². The summed E-state index contributed by atoms with van der Waals surface area (Å²) in [5.41, 5.74) is 0. The lowest BCUT2D eigenvalue weighted by Gasteiger charge is -2.27. The summed E-state index contributed by atoms with van der Waals surface area (Å²) in [6.07, 6.45) is 4.79. The van der Waals surface area contributed by atoms with E-state index < -0.39 is 5.79 Å². The van der Waals surface area contributed by atoms with Gasteiger partial charge in [0.1, 0.15) is 0 Å². The standard InChI is InChI=1S/C9H16O2/c1-3-9(4-2)10-7-5-6-8-11-9/h3H,1,4-8H2,2H3. The maximum atomic E-state index is 5.55. The van der Waals surface area contributed by atoms with Crippen molar-refractivity contribution < 1.29 is 9.47 Å². The van der Waals surface area contributed by atoms with Crippen LogP contribution >= 0.6 is 0 Å². The van der Waals surface area contributed by atoms with Crippen LogP contribution in [0.5, 0.6) is 0 Å². The Morgan fingerprint density at radius 3 is 2.27 bits per heavy atom. The number of ether oxygens (including phenoxy) is 2. The fourth-order valence-corrected chi connectivity index (χ4v) is 1.20. The van der Waals surface area contributed by atoms with Crippen molar-refractivity contribution in [3.8, 4) is 0 Å². The Bertz CT molecular complexity index is 124. The molecule has 0 aromatic carbocycles. The Kier molecular flexibility index (Phi) is 3.09. The zero-order chi connectivity index (χ0) is 8.16. The van der Waals surface area contributed by atoms with E-state index in [4.69, 9.17) is 9.47 Å². The van der Waals surface area contributed by atoms with Crippen molar-refractivity contribution in [2.75, 3.05) is 13.2 Å². The van der Waals surface area contributed by atoms with Crippen molar-refractivity contribution in [3.63, 3.8) is 0 Å². The van der Waals surface area contributed by atoms with Crippen LogP contribution in [-0.4, -0.2) is 19.0 Å². The molecule has 1 fully saturated rings. The molecule has 11 heavy (non-hydrogen) atoms. The third-order valence-corrected chi connectivity index (χ3v) is 2.04. The lowest BCUT2D eigenvalue weighted by atomic mass is 10.2. The Morgan fingerprint density at radius 1 is 1.36 bits per heavy atom. The topological polar surface area (TPSA) is 18.5 Å². The van der Waals surface area contributed by atoms with Gasteiger partial charge in [-0.1, -0.05) is 13.5 Å². The molecule has 0 spiro atoms. The van der Waals surface area contributed by atoms with Gasteiger partial charge in [0.25, 0.3) is 0 Å². The summed E-state index contributed by atoms with van der Waals surface area (Å²) in [6, 6.07) is 0. The fourth-order valence-electron chi connectivity index (χ4n) is 1.20. The van der Waals surface area contributed by atoms with E-state index >= 15 is 0 Å². The van der Waals surface area contributed by atoms with E-state index in [1.54, 1.807) is 6.08 Å². The van der Waals surface area contributed by atoms with Crippen LogP contribution in [0.25, 0.3) is 0 Å². The molecule has 2 heteroatoms. The van der Waals surface area contributed by atoms with Gasteiger partial charge in [-0.3, -0.25) is 0 Å². The minimum Gasteiger partial charge on any atom is -0.346 e. The molecule has 0 aromatic heterocycles. The predicted molar refractivity (Wildman–Crippen MR) is 44.4 cm³/mol. The molecular weight excluding hydrogens is 140 g/mol. The summed E-state index contributed by atoms with van der Waals surface area (Å²) >= 11 is 0. The molecule has 1 saturated heterocycles. The molecule has 0 amide bonds. The highest BCUT2D eigenvalue weighted by Gasteiger charge is 2.27. The van der Waals surface area contributed by atoms with E-state index in [0.717, 1.165) is 32.5 Å². The summed E-state index contributed by atoms with van der Waals surface area (Å²) < 4.78 is 11.1. The summed E-state index contributed by atoms with van der Waals surface area (Å²) in [6.45, 7) is 7.35. The van der Waals surface area contributed by atoms with E-state index in [-0.39, 0.29) is 0 Å². The van der Waals surface area contributed by atoms with Crippen LogP contribution in [0.2, 0.25) is 0 Å². The van der Waals surface area contributed by atoms with Gasteiger partial charge >= 0.3 is 0 Å². The third-order valence-electron chi connectivity index (χ3n) is 2.04. The first-order chi connectivity index (χ1) is 5.33. The van der Waals surface area contributed by atoms with Crippen molar-refractivity contribution >= 4 is 0 Å². The predicted octanol–water partition coefficient (Wildman–Crippen LogP) is 2.11. The Labute approximate surface area is 68.2 Å². The van der Waals surface area contributed by atoms with E-state index in [2.05, 4.69) is 6.58 Å². The first kappa shape index (κ1) is 8.75. The van der Waals surface area contributed by atoms with Gasteiger partial charge < -0.3 is 9.47 Å². The first-order valence-electron chi connectivity index (χ1n) is 4.24. The largest absolute Gasteiger partial charge is 0.346 e. The summed E-state index contributed by atoms with van der Waals surface area (Å²) in [7, 11) is 0. The minimum absolute atomic E-state index is 0.490. The van der Waals surface area contributed by atoms with Crippen LogP contribution < -0.4 is 0 Å². The lowest BCUT2D eigenvalue weighted by Crippen LogP contribution is -2.31. The van der Waals surface area contributed by atoms with Crippen LogP contribution in [0.4, 0.5) is 0 Å². The van der Waals surface area contributed by atoms with Gasteiger partial charge in [-0.25, -0.2) is 0 Å². The van der Waals surface area contributed by atoms with Crippen molar-refractivity contribution in [1.29, 1.82) is 0 Å². The van der Waals surface area contributed by atoms with Crippen LogP contribution in [0.1, 0.15) is 26.2 Å². The third kappa shape index (κ3) is 2.04. The molecule has 0 saturated carbocycles. The molecule has 2 nitrogen and oxygen atoms in total. The molecule has 0 N–H and O–H groups in total. The van der Waals surface area contributed by atoms with E-state index in [9.17, 15) is 0 Å². The summed E-state index contributed by atoms with van der Waals surface area (Å²) in [5.74, 6) is -0.490. The van der Waals surface area contributed by atoms with E-state index in [1.807, 2.05) is 6.92 Å². The van der Waals surface area contributed by atoms with Gasteiger partial charge in [-0.05, 0) is 18.9 Å². The van der Waals surface area contributed by atoms with Crippen molar-refractivity contribution in [2.24, 2.45) is 0 Å². The average molecular weight is 156 g/mol. The molecule has 0 unspecified atom stereocenters.